The van der Waals surface area contributed by atoms with Crippen LogP contribution in [0.25, 0.3) is 0 Å². The van der Waals surface area contributed by atoms with Crippen LogP contribution in [-0.4, -0.2) is 17.1 Å². The zero-order valence-electron chi connectivity index (χ0n) is 11.6. The Morgan fingerprint density at radius 3 is 2.57 bits per heavy atom. The van der Waals surface area contributed by atoms with Crippen molar-refractivity contribution in [3.05, 3.63) is 58.1 Å². The van der Waals surface area contributed by atoms with Crippen LogP contribution in [0.2, 0.25) is 0 Å². The summed E-state index contributed by atoms with van der Waals surface area (Å²) >= 11 is 3.42. The van der Waals surface area contributed by atoms with Crippen LogP contribution in [0.1, 0.15) is 11.1 Å². The van der Waals surface area contributed by atoms with Gasteiger partial charge in [-0.25, -0.2) is 0 Å². The second-order valence-electron chi connectivity index (χ2n) is 4.93. The maximum Gasteiger partial charge on any atom is 0.241 e. The predicted octanol–water partition coefficient (Wildman–Crippen LogP) is 2.97. The van der Waals surface area contributed by atoms with Crippen molar-refractivity contribution >= 4 is 27.5 Å². The maximum absolute atomic E-state index is 12.1. The normalized spacial score (nSPS) is 12.0. The monoisotopic (exact) mass is 348 g/mol. The molecule has 4 nitrogen and oxygen atoms in total. The van der Waals surface area contributed by atoms with Crippen LogP contribution in [0.3, 0.4) is 0 Å². The number of nitrogens with one attached hydrogen (secondary N) is 1. The van der Waals surface area contributed by atoms with Gasteiger partial charge in [0, 0.05) is 10.2 Å². The molecule has 2 aromatic rings. The number of aryl methyl sites for hydroxylation is 1. The fourth-order valence-corrected chi connectivity index (χ4v) is 2.18. The summed E-state index contributed by atoms with van der Waals surface area (Å²) < 4.78 is 0.994. The van der Waals surface area contributed by atoms with Crippen molar-refractivity contribution in [1.82, 2.24) is 0 Å². The molecular weight excluding hydrogens is 332 g/mol. The number of aromatic hydroxyl groups is 1. The van der Waals surface area contributed by atoms with Gasteiger partial charge < -0.3 is 16.2 Å². The summed E-state index contributed by atoms with van der Waals surface area (Å²) in [5.74, 6) is -0.0353. The summed E-state index contributed by atoms with van der Waals surface area (Å²) in [5.41, 5.74) is 8.59. The van der Waals surface area contributed by atoms with E-state index in [1.807, 2.05) is 25.1 Å². The van der Waals surface area contributed by atoms with Crippen LogP contribution < -0.4 is 11.1 Å². The molecule has 0 fully saturated rings. The van der Waals surface area contributed by atoms with E-state index in [0.717, 1.165) is 21.3 Å². The molecule has 1 amide bonds. The van der Waals surface area contributed by atoms with E-state index in [1.54, 1.807) is 24.3 Å². The molecule has 2 aromatic carbocycles. The summed E-state index contributed by atoms with van der Waals surface area (Å²) in [5, 5.41) is 12.0. The van der Waals surface area contributed by atoms with E-state index in [4.69, 9.17) is 5.73 Å². The van der Waals surface area contributed by atoms with E-state index in [2.05, 4.69) is 21.2 Å². The minimum absolute atomic E-state index is 0.196. The first kappa shape index (κ1) is 15.5. The van der Waals surface area contributed by atoms with Gasteiger partial charge in [0.2, 0.25) is 5.91 Å². The van der Waals surface area contributed by atoms with Crippen molar-refractivity contribution in [2.45, 2.75) is 19.4 Å². The van der Waals surface area contributed by atoms with E-state index in [9.17, 15) is 9.90 Å². The largest absolute Gasteiger partial charge is 0.508 e. The SMILES string of the molecule is Cc1cc(NC(=O)[C@H](N)Cc2ccc(O)cc2)ccc1Br. The first-order chi connectivity index (χ1) is 9.95. The number of carbonyl (C=O) groups excluding carboxylic acids is 1. The van der Waals surface area contributed by atoms with Crippen molar-refractivity contribution in [3.8, 4) is 5.75 Å². The zero-order chi connectivity index (χ0) is 15.4. The number of benzene rings is 2. The average molecular weight is 349 g/mol. The Morgan fingerprint density at radius 1 is 1.29 bits per heavy atom. The predicted molar refractivity (Wildman–Crippen MR) is 87.3 cm³/mol. The van der Waals surface area contributed by atoms with Gasteiger partial charge in [-0.3, -0.25) is 4.79 Å². The number of hydrogen-bond donors (Lipinski definition) is 3. The molecule has 2 rings (SSSR count). The van der Waals surface area contributed by atoms with Crippen molar-refractivity contribution in [1.29, 1.82) is 0 Å². The van der Waals surface area contributed by atoms with Gasteiger partial charge in [0.1, 0.15) is 5.75 Å². The second kappa shape index (κ2) is 6.74. The molecule has 0 saturated heterocycles. The Morgan fingerprint density at radius 2 is 1.95 bits per heavy atom. The topological polar surface area (TPSA) is 75.4 Å². The van der Waals surface area contributed by atoms with Gasteiger partial charge in [-0.1, -0.05) is 28.1 Å². The quantitative estimate of drug-likeness (QED) is 0.794. The van der Waals surface area contributed by atoms with E-state index < -0.39 is 6.04 Å². The number of phenols is 1. The van der Waals surface area contributed by atoms with Crippen molar-refractivity contribution in [3.63, 3.8) is 0 Å². The van der Waals surface area contributed by atoms with Crippen LogP contribution in [0.15, 0.2) is 46.9 Å². The molecule has 0 heterocycles. The third kappa shape index (κ3) is 4.31. The van der Waals surface area contributed by atoms with Gasteiger partial charge in [0.25, 0.3) is 0 Å². The van der Waals surface area contributed by atoms with Gasteiger partial charge in [-0.2, -0.15) is 0 Å². The van der Waals surface area contributed by atoms with E-state index >= 15 is 0 Å². The van der Waals surface area contributed by atoms with Gasteiger partial charge in [0.05, 0.1) is 6.04 Å². The lowest BCUT2D eigenvalue weighted by Crippen LogP contribution is -2.37. The molecule has 0 bridgehead atoms. The molecule has 0 spiro atoms. The number of anilines is 1. The van der Waals surface area contributed by atoms with Gasteiger partial charge in [-0.05, 0) is 54.8 Å². The minimum Gasteiger partial charge on any atom is -0.508 e. The molecule has 21 heavy (non-hydrogen) atoms. The lowest BCUT2D eigenvalue weighted by molar-refractivity contribution is -0.117. The van der Waals surface area contributed by atoms with E-state index in [0.29, 0.717) is 6.42 Å². The number of phenolic OH excluding ortho intramolecular Hbond substituents is 1. The van der Waals surface area contributed by atoms with Gasteiger partial charge >= 0.3 is 0 Å². The van der Waals surface area contributed by atoms with Crippen LogP contribution in [0.5, 0.6) is 5.75 Å². The zero-order valence-corrected chi connectivity index (χ0v) is 13.2. The molecule has 0 saturated carbocycles. The Kier molecular flexibility index (Phi) is 4.98. The van der Waals surface area contributed by atoms with Crippen molar-refractivity contribution < 1.29 is 9.90 Å². The Hall–Kier alpha value is -1.85. The highest BCUT2D eigenvalue weighted by Gasteiger charge is 2.14. The van der Waals surface area contributed by atoms with Crippen LogP contribution in [0, 0.1) is 6.92 Å². The van der Waals surface area contributed by atoms with Crippen molar-refractivity contribution in [2.24, 2.45) is 5.73 Å². The summed E-state index contributed by atoms with van der Waals surface area (Å²) in [4.78, 5) is 12.1. The van der Waals surface area contributed by atoms with Gasteiger partial charge in [0.15, 0.2) is 0 Å². The number of nitrogens with two attached hydrogens (primary N) is 1. The smallest absolute Gasteiger partial charge is 0.241 e. The second-order valence-corrected chi connectivity index (χ2v) is 5.78. The molecule has 0 aliphatic carbocycles. The molecule has 0 aliphatic heterocycles. The Bertz CT molecular complexity index is 641. The molecular formula is C16H17BrN2O2. The third-order valence-corrected chi connectivity index (χ3v) is 4.04. The van der Waals surface area contributed by atoms with Crippen LogP contribution in [0.4, 0.5) is 5.69 Å². The summed E-state index contributed by atoms with van der Waals surface area (Å²) in [6.07, 6.45) is 0.418. The number of carbonyl (C=O) groups is 1. The lowest BCUT2D eigenvalue weighted by atomic mass is 10.1. The van der Waals surface area contributed by atoms with Gasteiger partial charge in [-0.15, -0.1) is 0 Å². The molecule has 0 aliphatic rings. The third-order valence-electron chi connectivity index (χ3n) is 3.15. The Balaban J connectivity index is 1.98. The standard InChI is InChI=1S/C16H17BrN2O2/c1-10-8-12(4-7-14(10)17)19-16(21)15(18)9-11-2-5-13(20)6-3-11/h2-8,15,20H,9,18H2,1H3,(H,19,21)/t15-/m1/s1. The highest BCUT2D eigenvalue weighted by atomic mass is 79.9. The Labute approximate surface area is 132 Å². The van der Waals surface area contributed by atoms with Crippen LogP contribution in [-0.2, 0) is 11.2 Å². The average Bonchev–Trinajstić information content (AvgIpc) is 2.45. The summed E-state index contributed by atoms with van der Waals surface area (Å²) in [6.45, 7) is 1.95. The lowest BCUT2D eigenvalue weighted by Gasteiger charge is -2.13. The summed E-state index contributed by atoms with van der Waals surface area (Å²) in [7, 11) is 0. The molecule has 0 aromatic heterocycles. The molecule has 5 heteroatoms. The molecule has 1 atom stereocenters. The first-order valence-electron chi connectivity index (χ1n) is 6.56. The summed E-state index contributed by atoms with van der Waals surface area (Å²) in [6, 6.07) is 11.6. The highest BCUT2D eigenvalue weighted by molar-refractivity contribution is 9.10. The van der Waals surface area contributed by atoms with Crippen molar-refractivity contribution in [2.75, 3.05) is 5.32 Å². The first-order valence-corrected chi connectivity index (χ1v) is 7.35. The molecule has 110 valence electrons. The minimum atomic E-state index is -0.640. The number of amides is 1. The molecule has 0 radical (unpaired) electrons. The van der Waals surface area contributed by atoms with E-state index in [-0.39, 0.29) is 11.7 Å². The maximum atomic E-state index is 12.1. The highest BCUT2D eigenvalue weighted by Crippen LogP contribution is 2.20. The molecule has 0 unspecified atom stereocenters. The number of hydrogen-bond acceptors (Lipinski definition) is 3. The fourth-order valence-electron chi connectivity index (χ4n) is 1.94. The van der Waals surface area contributed by atoms with E-state index in [1.165, 1.54) is 0 Å². The number of rotatable bonds is 4. The fraction of sp³-hybridized carbons (Fsp3) is 0.188. The molecule has 4 N–H and O–H groups in total. The number of halogens is 1. The van der Waals surface area contributed by atoms with Crippen LogP contribution >= 0.6 is 15.9 Å².